The Bertz CT molecular complexity index is 664. The van der Waals surface area contributed by atoms with Crippen molar-refractivity contribution in [2.75, 3.05) is 7.05 Å². The molecule has 6 heteroatoms. The van der Waals surface area contributed by atoms with Crippen LogP contribution in [-0.2, 0) is 6.54 Å². The van der Waals surface area contributed by atoms with Crippen LogP contribution >= 0.6 is 11.6 Å². The monoisotopic (exact) mass is 291 g/mol. The van der Waals surface area contributed by atoms with Crippen LogP contribution in [0.1, 0.15) is 20.8 Å². The zero-order valence-electron chi connectivity index (χ0n) is 12.1. The molecule has 1 N–H and O–H groups in total. The number of halogens is 1. The van der Waals surface area contributed by atoms with Crippen molar-refractivity contribution in [3.8, 4) is 6.07 Å². The fourth-order valence-corrected chi connectivity index (χ4v) is 2.33. The van der Waals surface area contributed by atoms with Crippen LogP contribution in [0.5, 0.6) is 0 Å². The van der Waals surface area contributed by atoms with E-state index in [9.17, 15) is 5.26 Å². The number of nitriles is 1. The van der Waals surface area contributed by atoms with Gasteiger partial charge in [0.25, 0.3) is 0 Å². The summed E-state index contributed by atoms with van der Waals surface area (Å²) in [7, 11) is 1.79. The summed E-state index contributed by atoms with van der Waals surface area (Å²) in [6.07, 6.45) is 0. The van der Waals surface area contributed by atoms with Crippen molar-refractivity contribution in [3.05, 3.63) is 23.2 Å². The van der Waals surface area contributed by atoms with E-state index < -0.39 is 5.54 Å². The van der Waals surface area contributed by atoms with Gasteiger partial charge in [0.2, 0.25) is 0 Å². The molecule has 0 aliphatic carbocycles. The molecule has 0 amide bonds. The lowest BCUT2D eigenvalue weighted by Crippen LogP contribution is -2.55. The lowest BCUT2D eigenvalue weighted by atomic mass is 9.74. The van der Waals surface area contributed by atoms with Crippen LogP contribution in [0.25, 0.3) is 11.0 Å². The van der Waals surface area contributed by atoms with Crippen LogP contribution in [0, 0.1) is 16.7 Å². The van der Waals surface area contributed by atoms with E-state index in [1.54, 1.807) is 24.0 Å². The Labute approximate surface area is 123 Å². The maximum absolute atomic E-state index is 9.59. The number of rotatable bonds is 3. The second-order valence-corrected chi connectivity index (χ2v) is 6.32. The van der Waals surface area contributed by atoms with Crippen molar-refractivity contribution in [2.24, 2.45) is 5.41 Å². The van der Waals surface area contributed by atoms with Crippen LogP contribution in [0.4, 0.5) is 0 Å². The first-order valence-electron chi connectivity index (χ1n) is 6.42. The highest BCUT2D eigenvalue weighted by atomic mass is 35.5. The summed E-state index contributed by atoms with van der Waals surface area (Å²) >= 11 is 5.95. The Balaban J connectivity index is 2.42. The summed E-state index contributed by atoms with van der Waals surface area (Å²) in [5.41, 5.74) is 0.500. The number of benzene rings is 1. The number of aromatic nitrogens is 3. The fourth-order valence-electron chi connectivity index (χ4n) is 2.17. The lowest BCUT2D eigenvalue weighted by molar-refractivity contribution is 0.170. The average Bonchev–Trinajstić information content (AvgIpc) is 2.75. The molecule has 106 valence electrons. The zero-order chi connectivity index (χ0) is 15.0. The first-order valence-corrected chi connectivity index (χ1v) is 6.80. The van der Waals surface area contributed by atoms with Crippen molar-refractivity contribution in [3.63, 3.8) is 0 Å². The minimum Gasteiger partial charge on any atom is -0.300 e. The molecule has 5 nitrogen and oxygen atoms in total. The maximum atomic E-state index is 9.59. The van der Waals surface area contributed by atoms with Gasteiger partial charge in [-0.25, -0.2) is 0 Å². The number of likely N-dealkylation sites (N-methyl/N-ethyl adjacent to an activating group) is 1. The SMILES string of the molecule is CNC(C#N)(Cn1nc2ccc(Cl)cc2n1)C(C)(C)C. The molecule has 0 bridgehead atoms. The summed E-state index contributed by atoms with van der Waals surface area (Å²) in [4.78, 5) is 1.56. The van der Waals surface area contributed by atoms with Gasteiger partial charge < -0.3 is 5.32 Å². The molecule has 1 atom stereocenters. The van der Waals surface area contributed by atoms with E-state index in [4.69, 9.17) is 11.6 Å². The number of hydrogen-bond acceptors (Lipinski definition) is 4. The van der Waals surface area contributed by atoms with Crippen molar-refractivity contribution in [2.45, 2.75) is 32.9 Å². The normalized spacial score (nSPS) is 15.0. The van der Waals surface area contributed by atoms with Crippen LogP contribution in [0.15, 0.2) is 18.2 Å². The zero-order valence-corrected chi connectivity index (χ0v) is 12.9. The highest BCUT2D eigenvalue weighted by Gasteiger charge is 2.42. The van der Waals surface area contributed by atoms with Gasteiger partial charge >= 0.3 is 0 Å². The van der Waals surface area contributed by atoms with E-state index in [1.165, 1.54) is 0 Å². The molecule has 0 aliphatic rings. The first kappa shape index (κ1) is 14.8. The molecule has 0 fully saturated rings. The molecule has 0 saturated heterocycles. The quantitative estimate of drug-likeness (QED) is 0.944. The fraction of sp³-hybridized carbons (Fsp3) is 0.500. The summed E-state index contributed by atoms with van der Waals surface area (Å²) in [5, 5.41) is 22.1. The standard InChI is InChI=1S/C14H18ClN5/c1-13(2,3)14(8-16,17-4)9-20-18-11-6-5-10(15)7-12(11)19-20/h5-7,17H,9H2,1-4H3. The van der Waals surface area contributed by atoms with Crippen LogP contribution in [0.3, 0.4) is 0 Å². The Morgan fingerprint density at radius 1 is 1.30 bits per heavy atom. The molecule has 2 aromatic rings. The van der Waals surface area contributed by atoms with Crippen molar-refractivity contribution >= 4 is 22.6 Å². The van der Waals surface area contributed by atoms with Crippen LogP contribution < -0.4 is 5.32 Å². The highest BCUT2D eigenvalue weighted by Crippen LogP contribution is 2.31. The molecular formula is C14H18ClN5. The number of nitrogens with zero attached hydrogens (tertiary/aromatic N) is 4. The second-order valence-electron chi connectivity index (χ2n) is 5.88. The molecule has 1 aromatic carbocycles. The smallest absolute Gasteiger partial charge is 0.132 e. The number of fused-ring (bicyclic) bond motifs is 1. The molecule has 1 unspecified atom stereocenters. The third kappa shape index (κ3) is 2.49. The third-order valence-corrected chi connectivity index (χ3v) is 3.90. The van der Waals surface area contributed by atoms with Gasteiger partial charge in [0.15, 0.2) is 0 Å². The van der Waals surface area contributed by atoms with Crippen molar-refractivity contribution < 1.29 is 0 Å². The Morgan fingerprint density at radius 2 is 1.95 bits per heavy atom. The van der Waals surface area contributed by atoms with Gasteiger partial charge in [0.1, 0.15) is 16.6 Å². The molecule has 0 aliphatic heterocycles. The average molecular weight is 292 g/mol. The van der Waals surface area contributed by atoms with Gasteiger partial charge in [-0.05, 0) is 30.7 Å². The van der Waals surface area contributed by atoms with E-state index in [0.29, 0.717) is 11.6 Å². The van der Waals surface area contributed by atoms with Gasteiger partial charge in [-0.2, -0.15) is 20.3 Å². The van der Waals surface area contributed by atoms with E-state index in [1.807, 2.05) is 26.8 Å². The lowest BCUT2D eigenvalue weighted by Gasteiger charge is -2.38. The third-order valence-electron chi connectivity index (χ3n) is 3.66. The van der Waals surface area contributed by atoms with Gasteiger partial charge in [0, 0.05) is 5.02 Å². The molecule has 2 rings (SSSR count). The minimum atomic E-state index is -0.744. The molecule has 0 spiro atoms. The predicted molar refractivity (Wildman–Crippen MR) is 79.4 cm³/mol. The molecule has 1 aromatic heterocycles. The van der Waals surface area contributed by atoms with Gasteiger partial charge in [0.05, 0.1) is 12.6 Å². The Kier molecular flexibility index (Phi) is 3.72. The summed E-state index contributed by atoms with van der Waals surface area (Å²) in [6.45, 7) is 6.43. The van der Waals surface area contributed by atoms with Gasteiger partial charge in [-0.1, -0.05) is 32.4 Å². The number of hydrogen-bond donors (Lipinski definition) is 1. The molecule has 0 radical (unpaired) electrons. The topological polar surface area (TPSA) is 66.5 Å². The van der Waals surface area contributed by atoms with Crippen molar-refractivity contribution in [1.82, 2.24) is 20.3 Å². The Morgan fingerprint density at radius 3 is 2.50 bits per heavy atom. The predicted octanol–water partition coefficient (Wildman–Crippen LogP) is 2.61. The van der Waals surface area contributed by atoms with Gasteiger partial charge in [-0.15, -0.1) is 0 Å². The molecule has 0 saturated carbocycles. The second kappa shape index (κ2) is 5.04. The van der Waals surface area contributed by atoms with Crippen LogP contribution in [-0.4, -0.2) is 27.6 Å². The molecular weight excluding hydrogens is 274 g/mol. The summed E-state index contributed by atoms with van der Waals surface area (Å²) < 4.78 is 0. The molecule has 1 heterocycles. The minimum absolute atomic E-state index is 0.256. The van der Waals surface area contributed by atoms with E-state index >= 15 is 0 Å². The maximum Gasteiger partial charge on any atom is 0.132 e. The first-order chi connectivity index (χ1) is 9.31. The van der Waals surface area contributed by atoms with E-state index in [0.717, 1.165) is 11.0 Å². The van der Waals surface area contributed by atoms with Crippen LogP contribution in [0.2, 0.25) is 5.02 Å². The van der Waals surface area contributed by atoms with Gasteiger partial charge in [-0.3, -0.25) is 0 Å². The highest BCUT2D eigenvalue weighted by molar-refractivity contribution is 6.31. The summed E-state index contributed by atoms with van der Waals surface area (Å²) in [5.74, 6) is 0. The van der Waals surface area contributed by atoms with Crippen molar-refractivity contribution in [1.29, 1.82) is 5.26 Å². The molecule has 20 heavy (non-hydrogen) atoms. The summed E-state index contributed by atoms with van der Waals surface area (Å²) in [6, 6.07) is 7.75. The number of nitrogens with one attached hydrogen (secondary N) is 1. The Hall–Kier alpha value is -1.64. The van der Waals surface area contributed by atoms with E-state index in [-0.39, 0.29) is 5.41 Å². The largest absolute Gasteiger partial charge is 0.300 e. The van der Waals surface area contributed by atoms with E-state index in [2.05, 4.69) is 21.6 Å².